The minimum atomic E-state index is -4.01. The molecule has 3 heteroatoms. The molecule has 0 atom stereocenters. The second-order valence-electron chi connectivity index (χ2n) is 9.35. The van der Waals surface area contributed by atoms with Crippen molar-refractivity contribution in [2.75, 3.05) is 0 Å². The van der Waals surface area contributed by atoms with Crippen LogP contribution in [-0.4, -0.2) is 6.18 Å². The summed E-state index contributed by atoms with van der Waals surface area (Å²) in [5.41, 5.74) is -1.37. The first kappa shape index (κ1) is 22.1. The number of alkyl halides is 3. The Bertz CT molecular complexity index is 371. The van der Waals surface area contributed by atoms with Crippen molar-refractivity contribution in [3.05, 3.63) is 0 Å². The molecule has 2 aliphatic carbocycles. The van der Waals surface area contributed by atoms with Crippen LogP contribution in [0, 0.1) is 23.2 Å². The van der Waals surface area contributed by atoms with Gasteiger partial charge >= 0.3 is 6.18 Å². The lowest BCUT2D eigenvalue weighted by atomic mass is 9.62. The van der Waals surface area contributed by atoms with Gasteiger partial charge in [-0.2, -0.15) is 13.2 Å². The average Bonchev–Trinajstić information content (AvgIpc) is 2.64. The van der Waals surface area contributed by atoms with Crippen LogP contribution in [0.1, 0.15) is 117 Å². The molecule has 0 aromatic rings. The van der Waals surface area contributed by atoms with Crippen molar-refractivity contribution in [3.63, 3.8) is 0 Å². The summed E-state index contributed by atoms with van der Waals surface area (Å²) in [4.78, 5) is 0. The fraction of sp³-hybridized carbons (Fsp3) is 1.00. The molecule has 154 valence electrons. The molecule has 26 heavy (non-hydrogen) atoms. The van der Waals surface area contributed by atoms with Crippen LogP contribution >= 0.6 is 0 Å². The van der Waals surface area contributed by atoms with Crippen molar-refractivity contribution in [2.24, 2.45) is 23.2 Å². The van der Waals surface area contributed by atoms with Gasteiger partial charge in [-0.1, -0.05) is 71.6 Å². The van der Waals surface area contributed by atoms with Crippen LogP contribution in [-0.2, 0) is 0 Å². The molecule has 0 radical (unpaired) electrons. The highest BCUT2D eigenvalue weighted by atomic mass is 19.4. The van der Waals surface area contributed by atoms with Crippen LogP contribution in [0.4, 0.5) is 13.2 Å². The first-order valence-electron chi connectivity index (χ1n) is 11.5. The summed E-state index contributed by atoms with van der Waals surface area (Å²) >= 11 is 0. The van der Waals surface area contributed by atoms with Gasteiger partial charge in [0.1, 0.15) is 0 Å². The third-order valence-electron chi connectivity index (χ3n) is 7.62. The third-order valence-corrected chi connectivity index (χ3v) is 7.62. The Morgan fingerprint density at radius 1 is 0.731 bits per heavy atom. The van der Waals surface area contributed by atoms with E-state index in [1.165, 1.54) is 57.8 Å². The molecule has 2 rings (SSSR count). The van der Waals surface area contributed by atoms with Gasteiger partial charge in [-0.25, -0.2) is 0 Å². The highest BCUT2D eigenvalue weighted by molar-refractivity contribution is 4.93. The molecule has 0 nitrogen and oxygen atoms in total. The van der Waals surface area contributed by atoms with Crippen LogP contribution in [0.15, 0.2) is 0 Å². The van der Waals surface area contributed by atoms with Gasteiger partial charge in [0.25, 0.3) is 0 Å². The van der Waals surface area contributed by atoms with Gasteiger partial charge in [-0.3, -0.25) is 0 Å². The molecule has 0 bridgehead atoms. The summed E-state index contributed by atoms with van der Waals surface area (Å²) in [6, 6.07) is 0. The number of halogens is 3. The van der Waals surface area contributed by atoms with E-state index in [0.717, 1.165) is 25.2 Å². The molecular formula is C23H41F3. The van der Waals surface area contributed by atoms with Crippen LogP contribution in [0.5, 0.6) is 0 Å². The molecule has 2 fully saturated rings. The number of hydrogen-bond acceptors (Lipinski definition) is 0. The van der Waals surface area contributed by atoms with Gasteiger partial charge in [0.05, 0.1) is 5.41 Å². The van der Waals surface area contributed by atoms with E-state index in [-0.39, 0.29) is 0 Å². The molecule has 0 aromatic heterocycles. The Morgan fingerprint density at radius 3 is 1.85 bits per heavy atom. The number of unbranched alkanes of at least 4 members (excludes halogenated alkanes) is 4. The normalized spacial score (nSPS) is 33.3. The van der Waals surface area contributed by atoms with Crippen molar-refractivity contribution in [1.29, 1.82) is 0 Å². The zero-order valence-corrected chi connectivity index (χ0v) is 17.2. The lowest BCUT2D eigenvalue weighted by molar-refractivity contribution is -0.241. The first-order chi connectivity index (χ1) is 12.4. The monoisotopic (exact) mass is 374 g/mol. The Morgan fingerprint density at radius 2 is 1.31 bits per heavy atom. The van der Waals surface area contributed by atoms with E-state index in [1.807, 2.05) is 6.92 Å². The Hall–Kier alpha value is -0.210. The lowest BCUT2D eigenvalue weighted by Crippen LogP contribution is -2.42. The lowest BCUT2D eigenvalue weighted by Gasteiger charge is -2.44. The predicted octanol–water partition coefficient (Wildman–Crippen LogP) is 8.69. The molecule has 2 saturated carbocycles. The summed E-state index contributed by atoms with van der Waals surface area (Å²) in [6.07, 6.45) is 12.3. The highest BCUT2D eigenvalue weighted by Crippen LogP contribution is 2.55. The minimum Gasteiger partial charge on any atom is -0.171 e. The molecule has 0 spiro atoms. The summed E-state index contributed by atoms with van der Waals surface area (Å²) in [7, 11) is 0. The van der Waals surface area contributed by atoms with Gasteiger partial charge in [0, 0.05) is 0 Å². The predicted molar refractivity (Wildman–Crippen MR) is 104 cm³/mol. The fourth-order valence-corrected chi connectivity index (χ4v) is 5.66. The Balaban J connectivity index is 1.76. The molecule has 2 aliphatic rings. The Labute approximate surface area is 159 Å². The van der Waals surface area contributed by atoms with Gasteiger partial charge in [-0.15, -0.1) is 0 Å². The maximum Gasteiger partial charge on any atom is 0.394 e. The van der Waals surface area contributed by atoms with E-state index in [1.54, 1.807) is 0 Å². The van der Waals surface area contributed by atoms with Crippen molar-refractivity contribution in [3.8, 4) is 0 Å². The molecule has 0 unspecified atom stereocenters. The molecule has 0 saturated heterocycles. The smallest absolute Gasteiger partial charge is 0.171 e. The van der Waals surface area contributed by atoms with Crippen LogP contribution in [0.25, 0.3) is 0 Å². The van der Waals surface area contributed by atoms with Crippen LogP contribution in [0.3, 0.4) is 0 Å². The van der Waals surface area contributed by atoms with Crippen molar-refractivity contribution >= 4 is 0 Å². The summed E-state index contributed by atoms with van der Waals surface area (Å²) in [5, 5.41) is 0. The largest absolute Gasteiger partial charge is 0.394 e. The zero-order valence-electron chi connectivity index (χ0n) is 17.2. The van der Waals surface area contributed by atoms with Crippen molar-refractivity contribution in [1.82, 2.24) is 0 Å². The van der Waals surface area contributed by atoms with Gasteiger partial charge in [-0.05, 0) is 62.7 Å². The minimum absolute atomic E-state index is 0.351. The van der Waals surface area contributed by atoms with E-state index in [2.05, 4.69) is 6.92 Å². The van der Waals surface area contributed by atoms with Gasteiger partial charge in [0.15, 0.2) is 0 Å². The highest BCUT2D eigenvalue weighted by Gasteiger charge is 2.55. The van der Waals surface area contributed by atoms with Crippen molar-refractivity contribution < 1.29 is 13.2 Å². The van der Waals surface area contributed by atoms with E-state index < -0.39 is 11.6 Å². The van der Waals surface area contributed by atoms with E-state index in [0.29, 0.717) is 37.5 Å². The maximum atomic E-state index is 13.7. The molecule has 0 heterocycles. The summed E-state index contributed by atoms with van der Waals surface area (Å²) in [6.45, 7) is 4.25. The quantitative estimate of drug-likeness (QED) is 0.354. The first-order valence-corrected chi connectivity index (χ1v) is 11.5. The van der Waals surface area contributed by atoms with Gasteiger partial charge < -0.3 is 0 Å². The summed E-state index contributed by atoms with van der Waals surface area (Å²) in [5.74, 6) is 2.16. The third kappa shape index (κ3) is 5.89. The van der Waals surface area contributed by atoms with Crippen LogP contribution < -0.4 is 0 Å². The molecule has 0 N–H and O–H groups in total. The van der Waals surface area contributed by atoms with Crippen molar-refractivity contribution in [2.45, 2.75) is 123 Å². The number of rotatable bonds is 9. The Kier molecular flexibility index (Phi) is 8.80. The average molecular weight is 375 g/mol. The van der Waals surface area contributed by atoms with Crippen LogP contribution in [0.2, 0.25) is 0 Å². The van der Waals surface area contributed by atoms with Gasteiger partial charge in [0.2, 0.25) is 0 Å². The second kappa shape index (κ2) is 10.4. The molecule has 0 aliphatic heterocycles. The fourth-order valence-electron chi connectivity index (χ4n) is 5.66. The second-order valence-corrected chi connectivity index (χ2v) is 9.35. The van der Waals surface area contributed by atoms with E-state index in [4.69, 9.17) is 0 Å². The zero-order chi connectivity index (χ0) is 19.0. The molecule has 0 amide bonds. The summed E-state index contributed by atoms with van der Waals surface area (Å²) < 4.78 is 41.1. The number of hydrogen-bond donors (Lipinski definition) is 0. The standard InChI is InChI=1S/C23H41F3/c1-3-5-7-8-9-19-10-12-20(13-11-19)21-14-17-22(18-15-21,16-6-4-2)23(24,25)26/h19-21H,3-18H2,1-2H3/t19?,20?,21-,22+. The van der Waals surface area contributed by atoms with E-state index in [9.17, 15) is 13.2 Å². The maximum absolute atomic E-state index is 13.7. The molecular weight excluding hydrogens is 333 g/mol. The van der Waals surface area contributed by atoms with E-state index >= 15 is 0 Å². The SMILES string of the molecule is CCCCCCC1CCC([C@H]2CC[C@@](CCCC)(C(F)(F)F)CC2)CC1. The topological polar surface area (TPSA) is 0 Å². The molecule has 0 aromatic carbocycles.